The quantitative estimate of drug-likeness (QED) is 0.880. The number of carbonyl (C=O) groups is 1. The Balaban J connectivity index is 2.35. The van der Waals surface area contributed by atoms with Crippen LogP contribution in [0.2, 0.25) is 5.02 Å². The summed E-state index contributed by atoms with van der Waals surface area (Å²) < 4.78 is 6.52. The highest BCUT2D eigenvalue weighted by molar-refractivity contribution is 6.31. The zero-order valence-corrected chi connectivity index (χ0v) is 11.7. The van der Waals surface area contributed by atoms with Crippen LogP contribution in [0.4, 0.5) is 0 Å². The van der Waals surface area contributed by atoms with E-state index in [1.54, 1.807) is 13.2 Å². The number of halogens is 1. The van der Waals surface area contributed by atoms with Crippen LogP contribution >= 0.6 is 11.6 Å². The molecule has 0 amide bonds. The fourth-order valence-electron chi connectivity index (χ4n) is 1.85. The number of ether oxygens (including phenoxy) is 1. The van der Waals surface area contributed by atoms with Crippen molar-refractivity contribution < 1.29 is 14.6 Å². The molecule has 1 heterocycles. The zero-order chi connectivity index (χ0) is 14.5. The fraction of sp³-hybridized carbons (Fsp3) is 0.308. The van der Waals surface area contributed by atoms with Crippen molar-refractivity contribution in [2.45, 2.75) is 13.0 Å². The summed E-state index contributed by atoms with van der Waals surface area (Å²) in [5.41, 5.74) is 1.29. The molecule has 0 saturated carbocycles. The molecule has 0 aliphatic carbocycles. The normalized spacial score (nSPS) is 10.7. The summed E-state index contributed by atoms with van der Waals surface area (Å²) in [4.78, 5) is 11.2. The molecule has 0 bridgehead atoms. The number of rotatable bonds is 6. The maximum atomic E-state index is 11.2. The number of methoxy groups -OCH3 is 1. The Morgan fingerprint density at radius 2 is 2.20 bits per heavy atom. The molecule has 0 fully saturated rings. The molecule has 106 valence electrons. The van der Waals surface area contributed by atoms with Crippen molar-refractivity contribution in [1.29, 1.82) is 0 Å². The van der Waals surface area contributed by atoms with Crippen LogP contribution in [-0.2, 0) is 17.7 Å². The standard InChI is InChI=1S/C13H14ClN3O3/c1-20-7-6-17-11(12(13(18)19)15-16-17)8-9-4-2-3-5-10(9)14/h2-5H,6-8H2,1H3,(H,18,19). The molecule has 1 N–H and O–H groups in total. The molecule has 0 aliphatic heterocycles. The first-order valence-corrected chi connectivity index (χ1v) is 6.39. The van der Waals surface area contributed by atoms with E-state index in [0.717, 1.165) is 5.56 Å². The molecule has 6 nitrogen and oxygen atoms in total. The lowest BCUT2D eigenvalue weighted by Crippen LogP contribution is -2.12. The highest BCUT2D eigenvalue weighted by atomic mass is 35.5. The van der Waals surface area contributed by atoms with E-state index < -0.39 is 5.97 Å². The van der Waals surface area contributed by atoms with Gasteiger partial charge in [-0.2, -0.15) is 0 Å². The van der Waals surface area contributed by atoms with Gasteiger partial charge in [0.05, 0.1) is 18.8 Å². The van der Waals surface area contributed by atoms with Crippen LogP contribution in [0.15, 0.2) is 24.3 Å². The third-order valence-electron chi connectivity index (χ3n) is 2.86. The van der Waals surface area contributed by atoms with Gasteiger partial charge in [0.15, 0.2) is 5.69 Å². The Bertz CT molecular complexity index is 613. The monoisotopic (exact) mass is 295 g/mol. The summed E-state index contributed by atoms with van der Waals surface area (Å²) in [6.07, 6.45) is 0.359. The molecule has 7 heteroatoms. The average molecular weight is 296 g/mol. The lowest BCUT2D eigenvalue weighted by atomic mass is 10.1. The van der Waals surface area contributed by atoms with Crippen LogP contribution in [0, 0.1) is 0 Å². The first-order valence-electron chi connectivity index (χ1n) is 6.01. The van der Waals surface area contributed by atoms with Gasteiger partial charge in [-0.05, 0) is 11.6 Å². The lowest BCUT2D eigenvalue weighted by Gasteiger charge is -2.08. The SMILES string of the molecule is COCCn1nnc(C(=O)O)c1Cc1ccccc1Cl. The minimum atomic E-state index is -1.10. The van der Waals surface area contributed by atoms with Gasteiger partial charge in [0.25, 0.3) is 0 Å². The molecule has 0 atom stereocenters. The van der Waals surface area contributed by atoms with Crippen LogP contribution in [-0.4, -0.2) is 39.8 Å². The van der Waals surface area contributed by atoms with Crippen LogP contribution in [0.25, 0.3) is 0 Å². The predicted molar refractivity (Wildman–Crippen MR) is 73.1 cm³/mol. The molecule has 0 saturated heterocycles. The second-order valence-electron chi connectivity index (χ2n) is 4.17. The molecule has 1 aromatic carbocycles. The minimum absolute atomic E-state index is 0.0546. The van der Waals surface area contributed by atoms with Gasteiger partial charge < -0.3 is 9.84 Å². The Hall–Kier alpha value is -1.92. The zero-order valence-electron chi connectivity index (χ0n) is 10.9. The van der Waals surface area contributed by atoms with E-state index in [4.69, 9.17) is 16.3 Å². The lowest BCUT2D eigenvalue weighted by molar-refractivity contribution is 0.0689. The van der Waals surface area contributed by atoms with Crippen molar-refractivity contribution in [3.63, 3.8) is 0 Å². The highest BCUT2D eigenvalue weighted by Crippen LogP contribution is 2.20. The van der Waals surface area contributed by atoms with E-state index >= 15 is 0 Å². The van der Waals surface area contributed by atoms with Crippen LogP contribution in [0.3, 0.4) is 0 Å². The van der Waals surface area contributed by atoms with E-state index in [2.05, 4.69) is 10.3 Å². The Labute approximate surface area is 120 Å². The number of hydrogen-bond acceptors (Lipinski definition) is 4. The first kappa shape index (κ1) is 14.5. The van der Waals surface area contributed by atoms with E-state index in [9.17, 15) is 9.90 Å². The third-order valence-corrected chi connectivity index (χ3v) is 3.23. The highest BCUT2D eigenvalue weighted by Gasteiger charge is 2.19. The molecule has 0 aliphatic rings. The number of carboxylic acids is 1. The number of hydrogen-bond donors (Lipinski definition) is 1. The topological polar surface area (TPSA) is 77.2 Å². The van der Waals surface area contributed by atoms with Crippen molar-refractivity contribution in [3.8, 4) is 0 Å². The van der Waals surface area contributed by atoms with Gasteiger partial charge in [0.2, 0.25) is 0 Å². The van der Waals surface area contributed by atoms with Gasteiger partial charge in [0.1, 0.15) is 0 Å². The van der Waals surface area contributed by atoms with Gasteiger partial charge in [-0.15, -0.1) is 5.10 Å². The second kappa shape index (κ2) is 6.49. The number of carboxylic acid groups (broad SMARTS) is 1. The molecule has 0 spiro atoms. The summed E-state index contributed by atoms with van der Waals surface area (Å²) in [5.74, 6) is -1.10. The maximum absolute atomic E-state index is 11.2. The van der Waals surface area contributed by atoms with Crippen molar-refractivity contribution in [1.82, 2.24) is 15.0 Å². The number of benzene rings is 1. The maximum Gasteiger partial charge on any atom is 0.358 e. The molecule has 0 radical (unpaired) electrons. The Kier molecular flexibility index (Phi) is 4.70. The molecule has 20 heavy (non-hydrogen) atoms. The predicted octanol–water partition coefficient (Wildman–Crippen LogP) is 1.87. The van der Waals surface area contributed by atoms with Crippen molar-refractivity contribution in [3.05, 3.63) is 46.2 Å². The Morgan fingerprint density at radius 3 is 2.85 bits per heavy atom. The van der Waals surface area contributed by atoms with Gasteiger partial charge in [-0.1, -0.05) is 35.0 Å². The van der Waals surface area contributed by atoms with Crippen molar-refractivity contribution in [2.75, 3.05) is 13.7 Å². The van der Waals surface area contributed by atoms with E-state index in [-0.39, 0.29) is 5.69 Å². The number of aromatic nitrogens is 3. The van der Waals surface area contributed by atoms with Crippen molar-refractivity contribution >= 4 is 17.6 Å². The molecular weight excluding hydrogens is 282 g/mol. The van der Waals surface area contributed by atoms with E-state index in [1.807, 2.05) is 18.2 Å². The first-order chi connectivity index (χ1) is 9.63. The van der Waals surface area contributed by atoms with Crippen LogP contribution in [0.5, 0.6) is 0 Å². The van der Waals surface area contributed by atoms with Crippen LogP contribution < -0.4 is 0 Å². The van der Waals surface area contributed by atoms with E-state index in [1.165, 1.54) is 4.68 Å². The third kappa shape index (κ3) is 3.15. The van der Waals surface area contributed by atoms with Gasteiger partial charge in [0, 0.05) is 18.6 Å². The molecule has 0 unspecified atom stereocenters. The molecular formula is C13H14ClN3O3. The number of nitrogens with zero attached hydrogens (tertiary/aromatic N) is 3. The fourth-order valence-corrected chi connectivity index (χ4v) is 2.06. The minimum Gasteiger partial charge on any atom is -0.476 e. The molecule has 2 aromatic rings. The molecule has 2 rings (SSSR count). The summed E-state index contributed by atoms with van der Waals surface area (Å²) in [5, 5.41) is 17.3. The van der Waals surface area contributed by atoms with Gasteiger partial charge in [-0.3, -0.25) is 0 Å². The van der Waals surface area contributed by atoms with Gasteiger partial charge in [-0.25, -0.2) is 9.48 Å². The summed E-state index contributed by atoms with van der Waals surface area (Å²) >= 11 is 6.11. The Morgan fingerprint density at radius 1 is 1.45 bits per heavy atom. The van der Waals surface area contributed by atoms with Crippen LogP contribution in [0.1, 0.15) is 21.7 Å². The largest absolute Gasteiger partial charge is 0.476 e. The summed E-state index contributed by atoms with van der Waals surface area (Å²) in [7, 11) is 1.57. The summed E-state index contributed by atoms with van der Waals surface area (Å²) in [6.45, 7) is 0.870. The molecule has 1 aromatic heterocycles. The van der Waals surface area contributed by atoms with E-state index in [0.29, 0.717) is 30.3 Å². The summed E-state index contributed by atoms with van der Waals surface area (Å²) in [6, 6.07) is 7.29. The average Bonchev–Trinajstić information content (AvgIpc) is 2.82. The second-order valence-corrected chi connectivity index (χ2v) is 4.58. The van der Waals surface area contributed by atoms with Crippen molar-refractivity contribution in [2.24, 2.45) is 0 Å². The van der Waals surface area contributed by atoms with Gasteiger partial charge >= 0.3 is 5.97 Å². The number of aromatic carboxylic acids is 1. The smallest absolute Gasteiger partial charge is 0.358 e.